The molecule has 9 heteroatoms. The molecule has 0 aliphatic carbocycles. The van der Waals surface area contributed by atoms with E-state index in [4.69, 9.17) is 5.10 Å². The van der Waals surface area contributed by atoms with E-state index in [0.717, 1.165) is 34.6 Å². The molecule has 1 saturated heterocycles. The highest BCUT2D eigenvalue weighted by Gasteiger charge is 2.32. The molecule has 0 atom stereocenters. The molecule has 6 nitrogen and oxygen atoms in total. The highest BCUT2D eigenvalue weighted by Crippen LogP contribution is 2.33. The number of alkyl halides is 3. The van der Waals surface area contributed by atoms with Crippen molar-refractivity contribution in [2.75, 3.05) is 31.1 Å². The van der Waals surface area contributed by atoms with Crippen LogP contribution in [-0.4, -0.2) is 51.6 Å². The van der Waals surface area contributed by atoms with Gasteiger partial charge in [0.2, 0.25) is 0 Å². The van der Waals surface area contributed by atoms with Crippen LogP contribution in [-0.2, 0) is 6.18 Å². The van der Waals surface area contributed by atoms with E-state index in [0.29, 0.717) is 43.1 Å². The molecule has 1 aliphatic heterocycles. The standard InChI is InChI=1S/C28H28F3N5O/c1-18(2)25-23(17-32-26-24(19(3)33-36(25)26)20-8-5-4-6-9-20)27(37)35-14-12-34(13-15-35)22-11-7-10-21(16-22)28(29,30)31/h4-11,16-18H,12-15H2,1-3H3. The highest BCUT2D eigenvalue weighted by atomic mass is 19.4. The third-order valence-electron chi connectivity index (χ3n) is 6.80. The predicted molar refractivity (Wildman–Crippen MR) is 137 cm³/mol. The number of rotatable bonds is 4. The SMILES string of the molecule is Cc1nn2c(C(C)C)c(C(=O)N3CCN(c4cccc(C(F)(F)F)c4)CC3)cnc2c1-c1ccccc1. The minimum Gasteiger partial charge on any atom is -0.368 e. The third-order valence-corrected chi connectivity index (χ3v) is 6.80. The number of hydrogen-bond acceptors (Lipinski definition) is 4. The van der Waals surface area contributed by atoms with Gasteiger partial charge in [0.1, 0.15) is 0 Å². The Morgan fingerprint density at radius 3 is 2.32 bits per heavy atom. The number of carbonyl (C=O) groups is 1. The second-order valence-corrected chi connectivity index (χ2v) is 9.60. The van der Waals surface area contributed by atoms with E-state index >= 15 is 0 Å². The lowest BCUT2D eigenvalue weighted by Gasteiger charge is -2.36. The number of anilines is 1. The van der Waals surface area contributed by atoms with E-state index in [2.05, 4.69) is 4.98 Å². The summed E-state index contributed by atoms with van der Waals surface area (Å²) < 4.78 is 41.2. The van der Waals surface area contributed by atoms with Crippen LogP contribution in [0.2, 0.25) is 0 Å². The first kappa shape index (κ1) is 24.8. The number of benzene rings is 2. The zero-order valence-electron chi connectivity index (χ0n) is 21.0. The lowest BCUT2D eigenvalue weighted by atomic mass is 10.0. The Bertz CT molecular complexity index is 1440. The van der Waals surface area contributed by atoms with Crippen molar-refractivity contribution >= 4 is 17.2 Å². The van der Waals surface area contributed by atoms with Gasteiger partial charge < -0.3 is 9.80 Å². The first-order valence-corrected chi connectivity index (χ1v) is 12.3. The molecule has 3 heterocycles. The normalized spacial score (nSPS) is 14.6. The lowest BCUT2D eigenvalue weighted by molar-refractivity contribution is -0.137. The zero-order chi connectivity index (χ0) is 26.3. The van der Waals surface area contributed by atoms with Gasteiger partial charge in [0.25, 0.3) is 5.91 Å². The number of aryl methyl sites for hydroxylation is 1. The number of fused-ring (bicyclic) bond motifs is 1. The van der Waals surface area contributed by atoms with Gasteiger partial charge in [-0.05, 0) is 36.6 Å². The van der Waals surface area contributed by atoms with Gasteiger partial charge in [-0.1, -0.05) is 50.2 Å². The van der Waals surface area contributed by atoms with Crippen LogP contribution in [0.3, 0.4) is 0 Å². The summed E-state index contributed by atoms with van der Waals surface area (Å²) in [5, 5.41) is 4.76. The molecule has 0 bridgehead atoms. The summed E-state index contributed by atoms with van der Waals surface area (Å²) in [6.07, 6.45) is -2.75. The predicted octanol–water partition coefficient (Wildman–Crippen LogP) is 5.81. The summed E-state index contributed by atoms with van der Waals surface area (Å²) in [6, 6.07) is 15.3. The van der Waals surface area contributed by atoms with E-state index < -0.39 is 11.7 Å². The number of aromatic nitrogens is 3. The summed E-state index contributed by atoms with van der Waals surface area (Å²) in [5.41, 5.74) is 4.62. The molecule has 1 fully saturated rings. The summed E-state index contributed by atoms with van der Waals surface area (Å²) in [7, 11) is 0. The second kappa shape index (κ2) is 9.53. The van der Waals surface area contributed by atoms with Crippen LogP contribution < -0.4 is 4.90 Å². The van der Waals surface area contributed by atoms with Crippen molar-refractivity contribution in [1.82, 2.24) is 19.5 Å². The van der Waals surface area contributed by atoms with Crippen LogP contribution in [0.1, 0.15) is 47.1 Å². The van der Waals surface area contributed by atoms with Crippen LogP contribution in [0.4, 0.5) is 18.9 Å². The highest BCUT2D eigenvalue weighted by molar-refractivity contribution is 5.96. The summed E-state index contributed by atoms with van der Waals surface area (Å²) in [4.78, 5) is 21.9. The number of piperazine rings is 1. The number of nitrogens with zero attached hydrogens (tertiary/aromatic N) is 5. The minimum atomic E-state index is -4.39. The molecule has 4 aromatic rings. The monoisotopic (exact) mass is 507 g/mol. The Morgan fingerprint density at radius 2 is 1.68 bits per heavy atom. The van der Waals surface area contributed by atoms with Crippen LogP contribution in [0.5, 0.6) is 0 Å². The molecule has 0 unspecified atom stereocenters. The van der Waals surface area contributed by atoms with Crippen LogP contribution in [0, 0.1) is 6.92 Å². The fraction of sp³-hybridized carbons (Fsp3) is 0.321. The quantitative estimate of drug-likeness (QED) is 0.350. The fourth-order valence-corrected chi connectivity index (χ4v) is 4.99. The van der Waals surface area contributed by atoms with E-state index in [1.807, 2.05) is 56.0 Å². The van der Waals surface area contributed by atoms with Crippen molar-refractivity contribution in [2.24, 2.45) is 0 Å². The summed E-state index contributed by atoms with van der Waals surface area (Å²) in [6.45, 7) is 7.68. The largest absolute Gasteiger partial charge is 0.416 e. The molecule has 0 spiro atoms. The second-order valence-electron chi connectivity index (χ2n) is 9.60. The molecule has 5 rings (SSSR count). The molecule has 0 N–H and O–H groups in total. The molecule has 2 aromatic carbocycles. The maximum Gasteiger partial charge on any atom is 0.416 e. The van der Waals surface area contributed by atoms with E-state index in [1.165, 1.54) is 6.07 Å². The van der Waals surface area contributed by atoms with Crippen molar-refractivity contribution < 1.29 is 18.0 Å². The van der Waals surface area contributed by atoms with Gasteiger partial charge in [-0.3, -0.25) is 4.79 Å². The molecule has 192 valence electrons. The maximum absolute atomic E-state index is 13.6. The Kier molecular flexibility index (Phi) is 6.39. The summed E-state index contributed by atoms with van der Waals surface area (Å²) >= 11 is 0. The van der Waals surface area contributed by atoms with E-state index in [9.17, 15) is 18.0 Å². The molecular weight excluding hydrogens is 479 g/mol. The van der Waals surface area contributed by atoms with Gasteiger partial charge in [0, 0.05) is 43.6 Å². The van der Waals surface area contributed by atoms with Gasteiger partial charge >= 0.3 is 6.18 Å². The average molecular weight is 508 g/mol. The number of halogens is 3. The Balaban J connectivity index is 1.41. The average Bonchev–Trinajstić information content (AvgIpc) is 3.23. The first-order valence-electron chi connectivity index (χ1n) is 12.3. The van der Waals surface area contributed by atoms with Gasteiger partial charge in [0.05, 0.1) is 22.5 Å². The molecule has 0 saturated carbocycles. The van der Waals surface area contributed by atoms with Crippen molar-refractivity contribution in [3.8, 4) is 11.1 Å². The zero-order valence-corrected chi connectivity index (χ0v) is 21.0. The summed E-state index contributed by atoms with van der Waals surface area (Å²) in [5.74, 6) is -0.130. The lowest BCUT2D eigenvalue weighted by Crippen LogP contribution is -2.49. The van der Waals surface area contributed by atoms with Crippen LogP contribution in [0.15, 0.2) is 60.8 Å². The van der Waals surface area contributed by atoms with Gasteiger partial charge in [-0.15, -0.1) is 0 Å². The van der Waals surface area contributed by atoms with Crippen LogP contribution >= 0.6 is 0 Å². The smallest absolute Gasteiger partial charge is 0.368 e. The fourth-order valence-electron chi connectivity index (χ4n) is 4.99. The first-order chi connectivity index (χ1) is 17.6. The van der Waals surface area contributed by atoms with Crippen molar-refractivity contribution in [3.05, 3.63) is 83.3 Å². The van der Waals surface area contributed by atoms with Gasteiger partial charge in [0.15, 0.2) is 5.65 Å². The number of hydrogen-bond donors (Lipinski definition) is 0. The van der Waals surface area contributed by atoms with Crippen molar-refractivity contribution in [2.45, 2.75) is 32.9 Å². The molecular formula is C28H28F3N5O. The van der Waals surface area contributed by atoms with E-state index in [-0.39, 0.29) is 11.8 Å². The maximum atomic E-state index is 13.6. The number of amides is 1. The Labute approximate surface area is 213 Å². The third kappa shape index (κ3) is 4.65. The minimum absolute atomic E-state index is 0.0128. The van der Waals surface area contributed by atoms with E-state index in [1.54, 1.807) is 21.7 Å². The Hall–Kier alpha value is -3.88. The van der Waals surface area contributed by atoms with Gasteiger partial charge in [-0.2, -0.15) is 18.3 Å². The van der Waals surface area contributed by atoms with Crippen molar-refractivity contribution in [1.29, 1.82) is 0 Å². The van der Waals surface area contributed by atoms with Crippen LogP contribution in [0.25, 0.3) is 16.8 Å². The topological polar surface area (TPSA) is 53.7 Å². The number of carbonyl (C=O) groups excluding carboxylic acids is 1. The molecule has 1 amide bonds. The molecule has 1 aliphatic rings. The Morgan fingerprint density at radius 1 is 0.973 bits per heavy atom. The molecule has 37 heavy (non-hydrogen) atoms. The van der Waals surface area contributed by atoms with Crippen molar-refractivity contribution in [3.63, 3.8) is 0 Å². The molecule has 0 radical (unpaired) electrons. The van der Waals surface area contributed by atoms with Gasteiger partial charge in [-0.25, -0.2) is 9.50 Å². The molecule has 2 aromatic heterocycles.